The zero-order valence-corrected chi connectivity index (χ0v) is 22.6. The van der Waals surface area contributed by atoms with Gasteiger partial charge in [0, 0.05) is 53.2 Å². The van der Waals surface area contributed by atoms with E-state index in [2.05, 4.69) is 20.5 Å². The van der Waals surface area contributed by atoms with Gasteiger partial charge < -0.3 is 20.3 Å². The Hall–Kier alpha value is -1.89. The number of anilines is 1. The number of rotatable bonds is 10. The number of hydrogen-bond acceptors (Lipinski definition) is 8. The third kappa shape index (κ3) is 7.33. The average molecular weight is 573 g/mol. The number of ether oxygens (including phenoxy) is 1. The third-order valence-electron chi connectivity index (χ3n) is 5.80. The molecule has 0 unspecified atom stereocenters. The molecular formula is C23H27Cl2N5O4S2. The van der Waals surface area contributed by atoms with Crippen LogP contribution in [0.4, 0.5) is 5.13 Å². The Morgan fingerprint density at radius 2 is 2.00 bits per heavy atom. The number of nitrogens with one attached hydrogen (secondary N) is 2. The molecule has 2 atom stereocenters. The van der Waals surface area contributed by atoms with Gasteiger partial charge in [-0.15, -0.1) is 23.1 Å². The molecule has 3 amide bonds. The summed E-state index contributed by atoms with van der Waals surface area (Å²) >= 11 is 15.1. The van der Waals surface area contributed by atoms with Gasteiger partial charge in [-0.2, -0.15) is 0 Å². The van der Waals surface area contributed by atoms with E-state index in [9.17, 15) is 14.4 Å². The topological polar surface area (TPSA) is 104 Å². The summed E-state index contributed by atoms with van der Waals surface area (Å²) in [5.74, 6) is -0.853. The fraction of sp³-hybridized carbons (Fsp3) is 0.478. The van der Waals surface area contributed by atoms with Crippen LogP contribution in [-0.2, 0) is 19.1 Å². The lowest BCUT2D eigenvalue weighted by atomic mass is 10.2. The summed E-state index contributed by atoms with van der Waals surface area (Å²) in [6.07, 6.45) is 2.36. The van der Waals surface area contributed by atoms with Crippen LogP contribution in [0.5, 0.6) is 0 Å². The lowest BCUT2D eigenvalue weighted by molar-refractivity contribution is -0.135. The highest BCUT2D eigenvalue weighted by atomic mass is 35.5. The first kappa shape index (κ1) is 27.2. The Morgan fingerprint density at radius 1 is 1.19 bits per heavy atom. The van der Waals surface area contributed by atoms with E-state index in [1.165, 1.54) is 28.0 Å². The maximum Gasteiger partial charge on any atom is 0.239 e. The lowest BCUT2D eigenvalue weighted by Crippen LogP contribution is -2.42. The summed E-state index contributed by atoms with van der Waals surface area (Å²) in [4.78, 5) is 46.5. The van der Waals surface area contributed by atoms with Crippen LogP contribution in [0.25, 0.3) is 0 Å². The Morgan fingerprint density at radius 3 is 2.72 bits per heavy atom. The first-order valence-electron chi connectivity index (χ1n) is 11.6. The number of thioether (sulfide) groups is 1. The minimum atomic E-state index is -0.657. The molecule has 3 heterocycles. The van der Waals surface area contributed by atoms with Crippen molar-refractivity contribution in [1.29, 1.82) is 0 Å². The van der Waals surface area contributed by atoms with E-state index >= 15 is 0 Å². The monoisotopic (exact) mass is 571 g/mol. The molecule has 0 aliphatic carbocycles. The predicted molar refractivity (Wildman–Crippen MR) is 143 cm³/mol. The van der Waals surface area contributed by atoms with Crippen molar-refractivity contribution in [3.63, 3.8) is 0 Å². The van der Waals surface area contributed by atoms with Crippen molar-refractivity contribution in [2.24, 2.45) is 0 Å². The smallest absolute Gasteiger partial charge is 0.239 e. The zero-order chi connectivity index (χ0) is 25.5. The van der Waals surface area contributed by atoms with Crippen molar-refractivity contribution >= 4 is 69.2 Å². The highest BCUT2D eigenvalue weighted by Crippen LogP contribution is 2.46. The van der Waals surface area contributed by atoms with Crippen LogP contribution >= 0.6 is 46.3 Å². The van der Waals surface area contributed by atoms with Gasteiger partial charge in [0.05, 0.1) is 18.5 Å². The van der Waals surface area contributed by atoms with Crippen LogP contribution in [0.3, 0.4) is 0 Å². The summed E-state index contributed by atoms with van der Waals surface area (Å²) in [5, 5.41) is 7.55. The van der Waals surface area contributed by atoms with Gasteiger partial charge in [-0.1, -0.05) is 29.3 Å². The standard InChI is InChI=1S/C23H27Cl2N5O4S2/c24-15-2-3-16(17(25)12-15)22-30(14-20(32)26-4-1-6-29-7-9-34-10-8-29)21(33)18(36-22)13-19(31)28-23-27-5-11-35-23/h2-3,5,11-12,18,22H,1,4,6-10,13-14H2,(H,26,32)(H,27,28,31)/t18-,22-/m1/s1. The highest BCUT2D eigenvalue weighted by molar-refractivity contribution is 8.01. The minimum Gasteiger partial charge on any atom is -0.379 e. The second-order valence-electron chi connectivity index (χ2n) is 8.36. The molecule has 2 saturated heterocycles. The van der Waals surface area contributed by atoms with E-state index < -0.39 is 10.6 Å². The van der Waals surface area contributed by atoms with Crippen molar-refractivity contribution in [3.05, 3.63) is 45.4 Å². The molecule has 2 aromatic rings. The Balaban J connectivity index is 1.38. The van der Waals surface area contributed by atoms with Crippen LogP contribution in [-0.4, -0.2) is 83.7 Å². The largest absolute Gasteiger partial charge is 0.379 e. The molecule has 2 aliphatic heterocycles. The number of carbonyl (C=O) groups is 3. The van der Waals surface area contributed by atoms with Crippen molar-refractivity contribution in [1.82, 2.24) is 20.1 Å². The summed E-state index contributed by atoms with van der Waals surface area (Å²) in [6.45, 7) is 4.52. The van der Waals surface area contributed by atoms with Gasteiger partial charge in [-0.05, 0) is 25.1 Å². The number of amides is 3. The third-order valence-corrected chi connectivity index (χ3v) is 8.52. The molecule has 2 fully saturated rings. The van der Waals surface area contributed by atoms with Gasteiger partial charge in [0.15, 0.2) is 5.13 Å². The van der Waals surface area contributed by atoms with Crippen LogP contribution in [0.1, 0.15) is 23.8 Å². The number of carbonyl (C=O) groups excluding carboxylic acids is 3. The predicted octanol–water partition coefficient (Wildman–Crippen LogP) is 3.26. The maximum atomic E-state index is 13.3. The minimum absolute atomic E-state index is 0.0392. The molecule has 0 bridgehead atoms. The first-order valence-corrected chi connectivity index (χ1v) is 14.2. The quantitative estimate of drug-likeness (QED) is 0.422. The van der Waals surface area contributed by atoms with Crippen molar-refractivity contribution in [2.75, 3.05) is 51.3 Å². The van der Waals surface area contributed by atoms with Crippen LogP contribution in [0.15, 0.2) is 29.8 Å². The number of aromatic nitrogens is 1. The van der Waals surface area contributed by atoms with E-state index in [0.29, 0.717) is 27.3 Å². The summed E-state index contributed by atoms with van der Waals surface area (Å²) in [7, 11) is 0. The summed E-state index contributed by atoms with van der Waals surface area (Å²) in [6, 6.07) is 5.05. The van der Waals surface area contributed by atoms with Gasteiger partial charge in [0.2, 0.25) is 17.7 Å². The number of nitrogens with zero attached hydrogens (tertiary/aromatic N) is 3. The fourth-order valence-corrected chi connectivity index (χ4v) is 6.63. The maximum absolute atomic E-state index is 13.3. The molecule has 2 N–H and O–H groups in total. The highest BCUT2D eigenvalue weighted by Gasteiger charge is 2.43. The average Bonchev–Trinajstić information content (AvgIpc) is 3.46. The van der Waals surface area contributed by atoms with Gasteiger partial charge >= 0.3 is 0 Å². The Bertz CT molecular complexity index is 1070. The van der Waals surface area contributed by atoms with Crippen LogP contribution < -0.4 is 10.6 Å². The number of halogens is 2. The zero-order valence-electron chi connectivity index (χ0n) is 19.5. The molecule has 1 aromatic carbocycles. The van der Waals surface area contributed by atoms with E-state index in [1.54, 1.807) is 29.8 Å². The van der Waals surface area contributed by atoms with Gasteiger partial charge in [0.1, 0.15) is 11.9 Å². The van der Waals surface area contributed by atoms with Gasteiger partial charge in [0.25, 0.3) is 0 Å². The molecule has 1 aromatic heterocycles. The molecule has 36 heavy (non-hydrogen) atoms. The molecule has 0 radical (unpaired) electrons. The van der Waals surface area contributed by atoms with Crippen molar-refractivity contribution in [2.45, 2.75) is 23.5 Å². The van der Waals surface area contributed by atoms with Crippen LogP contribution in [0, 0.1) is 0 Å². The molecule has 0 saturated carbocycles. The summed E-state index contributed by atoms with van der Waals surface area (Å²) < 4.78 is 5.35. The summed E-state index contributed by atoms with van der Waals surface area (Å²) in [5.41, 5.74) is 0.669. The van der Waals surface area contributed by atoms with Gasteiger partial charge in [-0.3, -0.25) is 19.3 Å². The molecule has 9 nitrogen and oxygen atoms in total. The molecule has 13 heteroatoms. The number of morpholine rings is 1. The van der Waals surface area contributed by atoms with Crippen molar-refractivity contribution in [3.8, 4) is 0 Å². The van der Waals surface area contributed by atoms with E-state index in [4.69, 9.17) is 27.9 Å². The molecule has 0 spiro atoms. The number of thiazole rings is 1. The Labute approximate surface area is 227 Å². The van der Waals surface area contributed by atoms with Crippen LogP contribution in [0.2, 0.25) is 10.0 Å². The van der Waals surface area contributed by atoms with E-state index in [0.717, 1.165) is 39.3 Å². The second-order valence-corrected chi connectivity index (χ2v) is 11.4. The molecule has 2 aliphatic rings. The lowest BCUT2D eigenvalue weighted by Gasteiger charge is -2.26. The normalized spacial score (nSPS) is 20.5. The number of benzene rings is 1. The van der Waals surface area contributed by atoms with Gasteiger partial charge in [-0.25, -0.2) is 4.98 Å². The fourth-order valence-electron chi connectivity index (χ4n) is 4.02. The van der Waals surface area contributed by atoms with E-state index in [1.807, 2.05) is 0 Å². The second kappa shape index (κ2) is 13.1. The molecular weight excluding hydrogens is 545 g/mol. The number of hydrogen-bond donors (Lipinski definition) is 2. The van der Waals surface area contributed by atoms with E-state index in [-0.39, 0.29) is 30.7 Å². The first-order chi connectivity index (χ1) is 17.4. The van der Waals surface area contributed by atoms with Crippen molar-refractivity contribution < 1.29 is 19.1 Å². The molecule has 194 valence electrons. The molecule has 4 rings (SSSR count). The Kier molecular flexibility index (Phi) is 9.86. The SMILES string of the molecule is O=C(CN1C(=O)[C@@H](CC(=O)Nc2nccs2)S[C@@H]1c1ccc(Cl)cc1Cl)NCCCN1CCOCC1.